The van der Waals surface area contributed by atoms with E-state index in [2.05, 4.69) is 6.07 Å². The van der Waals surface area contributed by atoms with E-state index < -0.39 is 10.0 Å². The number of nitrogens with zero attached hydrogens (tertiary/aromatic N) is 2. The Labute approximate surface area is 183 Å². The Kier molecular flexibility index (Phi) is 6.23. The van der Waals surface area contributed by atoms with Gasteiger partial charge in [0.05, 0.1) is 10.6 Å². The molecule has 0 atom stereocenters. The summed E-state index contributed by atoms with van der Waals surface area (Å²) in [5, 5.41) is 0. The van der Waals surface area contributed by atoms with Crippen LogP contribution >= 0.6 is 11.8 Å². The lowest BCUT2D eigenvalue weighted by Gasteiger charge is -2.33. The molecule has 30 heavy (non-hydrogen) atoms. The van der Waals surface area contributed by atoms with E-state index in [0.717, 1.165) is 40.4 Å². The first-order chi connectivity index (χ1) is 14.4. The highest BCUT2D eigenvalue weighted by Crippen LogP contribution is 2.35. The van der Waals surface area contributed by atoms with Gasteiger partial charge in [0.15, 0.2) is 0 Å². The van der Waals surface area contributed by atoms with E-state index in [1.165, 1.54) is 4.31 Å². The average molecular weight is 445 g/mol. The zero-order valence-electron chi connectivity index (χ0n) is 17.5. The zero-order chi connectivity index (χ0) is 21.3. The Hall–Kier alpha value is -1.83. The highest BCUT2D eigenvalue weighted by Gasteiger charge is 2.35. The average Bonchev–Trinajstić information content (AvgIpc) is 2.98. The van der Waals surface area contributed by atoms with Gasteiger partial charge in [0.2, 0.25) is 15.9 Å². The molecule has 0 aromatic heterocycles. The number of fused-ring (bicyclic) bond motifs is 1. The number of thioether (sulfide) groups is 1. The number of carbonyl (C=O) groups excluding carboxylic acids is 1. The number of hydrogen-bond donors (Lipinski definition) is 0. The van der Waals surface area contributed by atoms with Gasteiger partial charge in [-0.3, -0.25) is 4.79 Å². The molecule has 0 bridgehead atoms. The highest BCUT2D eigenvalue weighted by atomic mass is 32.2. The first-order valence-electron chi connectivity index (χ1n) is 10.5. The van der Waals surface area contributed by atoms with Crippen LogP contribution in [0.15, 0.2) is 52.3 Å². The van der Waals surface area contributed by atoms with Crippen LogP contribution in [0.2, 0.25) is 0 Å². The van der Waals surface area contributed by atoms with E-state index in [-0.39, 0.29) is 11.8 Å². The molecule has 0 N–H and O–H groups in total. The summed E-state index contributed by atoms with van der Waals surface area (Å²) < 4.78 is 27.7. The number of amides is 1. The largest absolute Gasteiger partial charge is 0.311 e. The number of para-hydroxylation sites is 1. The van der Waals surface area contributed by atoms with Gasteiger partial charge in [-0.1, -0.05) is 18.2 Å². The molecule has 0 spiro atoms. The molecule has 0 saturated carbocycles. The molecule has 7 heteroatoms. The van der Waals surface area contributed by atoms with Crippen LogP contribution < -0.4 is 4.90 Å². The van der Waals surface area contributed by atoms with Gasteiger partial charge in [0, 0.05) is 30.4 Å². The standard InChI is InChI=1S/C23H28N2O3S2/c1-17-8-9-20(16-18(17)2)30(27,28)24-13-10-19(11-14-24)23(26)25-12-5-15-29-22-7-4-3-6-21(22)25/h3-4,6-9,16,19H,5,10-15H2,1-2H3. The third-order valence-corrected chi connectivity index (χ3v) is 9.17. The van der Waals surface area contributed by atoms with E-state index in [9.17, 15) is 13.2 Å². The molecular formula is C23H28N2O3S2. The molecular weight excluding hydrogens is 416 g/mol. The summed E-state index contributed by atoms with van der Waals surface area (Å²) >= 11 is 1.80. The topological polar surface area (TPSA) is 57.7 Å². The molecule has 2 aromatic rings. The summed E-state index contributed by atoms with van der Waals surface area (Å²) in [5.74, 6) is 1.01. The summed E-state index contributed by atoms with van der Waals surface area (Å²) in [5.41, 5.74) is 3.04. The molecule has 0 unspecified atom stereocenters. The van der Waals surface area contributed by atoms with Crippen molar-refractivity contribution in [3.8, 4) is 0 Å². The summed E-state index contributed by atoms with van der Waals surface area (Å²) in [7, 11) is -3.52. The molecule has 0 aliphatic carbocycles. The molecule has 160 valence electrons. The summed E-state index contributed by atoms with van der Waals surface area (Å²) in [6.45, 7) is 5.40. The van der Waals surface area contributed by atoms with E-state index in [0.29, 0.717) is 30.8 Å². The molecule has 4 rings (SSSR count). The Bertz CT molecular complexity index is 1040. The van der Waals surface area contributed by atoms with Crippen molar-refractivity contribution >= 4 is 33.4 Å². The van der Waals surface area contributed by atoms with Gasteiger partial charge in [0.25, 0.3) is 0 Å². The van der Waals surface area contributed by atoms with Gasteiger partial charge in [-0.15, -0.1) is 11.8 Å². The Balaban J connectivity index is 1.47. The van der Waals surface area contributed by atoms with Crippen molar-refractivity contribution in [2.45, 2.75) is 42.9 Å². The monoisotopic (exact) mass is 444 g/mol. The van der Waals surface area contributed by atoms with E-state index in [1.54, 1.807) is 23.9 Å². The van der Waals surface area contributed by atoms with Crippen LogP contribution in [0.5, 0.6) is 0 Å². The zero-order valence-corrected chi connectivity index (χ0v) is 19.1. The van der Waals surface area contributed by atoms with Crippen molar-refractivity contribution < 1.29 is 13.2 Å². The number of carbonyl (C=O) groups is 1. The summed E-state index contributed by atoms with van der Waals surface area (Å²) in [4.78, 5) is 16.7. The van der Waals surface area contributed by atoms with Gasteiger partial charge in [0.1, 0.15) is 0 Å². The molecule has 1 saturated heterocycles. The third-order valence-electron chi connectivity index (χ3n) is 6.13. The number of aryl methyl sites for hydroxylation is 2. The molecule has 2 aromatic carbocycles. The molecule has 1 amide bonds. The summed E-state index contributed by atoms with van der Waals surface area (Å²) in [6.07, 6.45) is 2.09. The maximum atomic E-state index is 13.3. The molecule has 5 nitrogen and oxygen atoms in total. The van der Waals surface area contributed by atoms with Crippen molar-refractivity contribution in [1.29, 1.82) is 0 Å². The normalized spacial score (nSPS) is 18.7. The van der Waals surface area contributed by atoms with Crippen LogP contribution in [0, 0.1) is 19.8 Å². The third kappa shape index (κ3) is 4.15. The van der Waals surface area contributed by atoms with Crippen LogP contribution in [-0.2, 0) is 14.8 Å². The second-order valence-corrected chi connectivity index (χ2v) is 11.2. The van der Waals surface area contributed by atoms with Crippen LogP contribution in [0.3, 0.4) is 0 Å². The minimum Gasteiger partial charge on any atom is -0.311 e. The van der Waals surface area contributed by atoms with Gasteiger partial charge < -0.3 is 4.90 Å². The Morgan fingerprint density at radius 1 is 1.00 bits per heavy atom. The van der Waals surface area contributed by atoms with Gasteiger partial charge in [-0.25, -0.2) is 8.42 Å². The fraction of sp³-hybridized carbons (Fsp3) is 0.435. The van der Waals surface area contributed by atoms with Crippen LogP contribution in [0.1, 0.15) is 30.4 Å². The van der Waals surface area contributed by atoms with Gasteiger partial charge in [-0.05, 0) is 74.3 Å². The quantitative estimate of drug-likeness (QED) is 0.711. The van der Waals surface area contributed by atoms with Gasteiger partial charge >= 0.3 is 0 Å². The lowest BCUT2D eigenvalue weighted by molar-refractivity contribution is -0.123. The first kappa shape index (κ1) is 21.4. The number of sulfonamides is 1. The highest BCUT2D eigenvalue weighted by molar-refractivity contribution is 7.99. The lowest BCUT2D eigenvalue weighted by Crippen LogP contribution is -2.44. The maximum absolute atomic E-state index is 13.3. The lowest BCUT2D eigenvalue weighted by atomic mass is 9.96. The van der Waals surface area contributed by atoms with Crippen molar-refractivity contribution in [1.82, 2.24) is 4.31 Å². The fourth-order valence-electron chi connectivity index (χ4n) is 4.14. The van der Waals surface area contributed by atoms with E-state index >= 15 is 0 Å². The smallest absolute Gasteiger partial charge is 0.243 e. The van der Waals surface area contributed by atoms with Crippen molar-refractivity contribution in [2.75, 3.05) is 30.3 Å². The van der Waals surface area contributed by atoms with Crippen molar-refractivity contribution in [3.05, 3.63) is 53.6 Å². The number of rotatable bonds is 3. The Morgan fingerprint density at radius 3 is 2.47 bits per heavy atom. The van der Waals surface area contributed by atoms with E-state index in [1.807, 2.05) is 43.0 Å². The van der Waals surface area contributed by atoms with Crippen LogP contribution in [0.4, 0.5) is 5.69 Å². The minimum absolute atomic E-state index is 0.132. The number of benzene rings is 2. The Morgan fingerprint density at radius 2 is 1.73 bits per heavy atom. The maximum Gasteiger partial charge on any atom is 0.243 e. The minimum atomic E-state index is -3.52. The van der Waals surface area contributed by atoms with Crippen LogP contribution in [-0.4, -0.2) is 44.0 Å². The second-order valence-electron chi connectivity index (χ2n) is 8.08. The first-order valence-corrected chi connectivity index (χ1v) is 12.9. The van der Waals surface area contributed by atoms with E-state index in [4.69, 9.17) is 0 Å². The van der Waals surface area contributed by atoms with Crippen molar-refractivity contribution in [3.63, 3.8) is 0 Å². The predicted octanol–water partition coefficient (Wildman–Crippen LogP) is 4.23. The fourth-order valence-corrected chi connectivity index (χ4v) is 6.69. The SMILES string of the molecule is Cc1ccc(S(=O)(=O)N2CCC(C(=O)N3CCCSc4ccccc43)CC2)cc1C. The van der Waals surface area contributed by atoms with Crippen molar-refractivity contribution in [2.24, 2.45) is 5.92 Å². The number of anilines is 1. The van der Waals surface area contributed by atoms with Gasteiger partial charge in [-0.2, -0.15) is 4.31 Å². The molecule has 2 aliphatic heterocycles. The molecule has 1 fully saturated rings. The summed E-state index contributed by atoms with van der Waals surface area (Å²) in [6, 6.07) is 13.4. The number of hydrogen-bond acceptors (Lipinski definition) is 4. The molecule has 2 aliphatic rings. The second kappa shape index (κ2) is 8.73. The molecule has 0 radical (unpaired) electrons. The predicted molar refractivity (Wildman–Crippen MR) is 122 cm³/mol. The molecule has 2 heterocycles. The number of piperidine rings is 1. The van der Waals surface area contributed by atoms with Crippen LogP contribution in [0.25, 0.3) is 0 Å².